The van der Waals surface area contributed by atoms with Gasteiger partial charge in [-0.25, -0.2) is 18.0 Å². The van der Waals surface area contributed by atoms with Crippen LogP contribution in [0.15, 0.2) is 47.4 Å². The van der Waals surface area contributed by atoms with Crippen molar-refractivity contribution in [3.63, 3.8) is 0 Å². The largest absolute Gasteiger partial charge is 1.00 e. The van der Waals surface area contributed by atoms with Gasteiger partial charge in [-0.15, -0.1) is 0 Å². The van der Waals surface area contributed by atoms with Gasteiger partial charge in [-0.1, -0.05) is 179 Å². The van der Waals surface area contributed by atoms with Gasteiger partial charge < -0.3 is 14.0 Å². The minimum absolute atomic E-state index is 0. The third kappa shape index (κ3) is 33.0. The van der Waals surface area contributed by atoms with Gasteiger partial charge in [0.05, 0.1) is 29.2 Å². The van der Waals surface area contributed by atoms with Crippen molar-refractivity contribution in [2.75, 3.05) is 13.2 Å². The summed E-state index contributed by atoms with van der Waals surface area (Å²) in [6.07, 6.45) is 47.8. The minimum atomic E-state index is -4.82. The van der Waals surface area contributed by atoms with E-state index in [1.807, 2.05) is 0 Å². The molecule has 0 saturated carbocycles. The van der Waals surface area contributed by atoms with E-state index in [1.165, 1.54) is 160 Å². The van der Waals surface area contributed by atoms with Crippen molar-refractivity contribution in [3.8, 4) is 0 Å². The molecule has 0 atom stereocenters. The normalized spacial score (nSPS) is 11.7. The fourth-order valence-corrected chi connectivity index (χ4v) is 7.41. The van der Waals surface area contributed by atoms with Gasteiger partial charge in [-0.05, 0) is 82.4 Å². The Hall–Kier alpha value is -1.45. The van der Waals surface area contributed by atoms with Gasteiger partial charge in [-0.2, -0.15) is 0 Å². The topological polar surface area (TPSA) is 110 Å². The molecule has 322 valence electrons. The second-order valence-electron chi connectivity index (χ2n) is 15.7. The number of rotatable bonds is 39. The zero-order chi connectivity index (χ0) is 40.8. The predicted octanol–water partition coefficient (Wildman–Crippen LogP) is 11.5. The minimum Gasteiger partial charge on any atom is -0.744 e. The number of esters is 2. The van der Waals surface area contributed by atoms with Gasteiger partial charge >= 0.3 is 41.5 Å². The van der Waals surface area contributed by atoms with Crippen LogP contribution in [0.1, 0.15) is 240 Å². The fraction of sp³-hybridized carbons (Fsp3) is 0.750. The summed E-state index contributed by atoms with van der Waals surface area (Å²) >= 11 is 0. The van der Waals surface area contributed by atoms with Gasteiger partial charge in [0, 0.05) is 0 Å². The van der Waals surface area contributed by atoms with E-state index in [0.29, 0.717) is 12.8 Å². The van der Waals surface area contributed by atoms with E-state index in [2.05, 4.69) is 38.2 Å². The van der Waals surface area contributed by atoms with Crippen LogP contribution >= 0.6 is 0 Å². The van der Waals surface area contributed by atoms with E-state index in [0.717, 1.165) is 50.7 Å². The quantitative estimate of drug-likeness (QED) is 0.0214. The zero-order valence-electron chi connectivity index (χ0n) is 36.8. The molecular formula is C48H81NaO7S. The first-order chi connectivity index (χ1) is 27.3. The van der Waals surface area contributed by atoms with E-state index >= 15 is 0 Å². The first kappa shape index (κ1) is 55.5. The Bertz CT molecular complexity index is 1280. The molecule has 1 aromatic carbocycles. The van der Waals surface area contributed by atoms with Crippen molar-refractivity contribution in [1.29, 1.82) is 0 Å². The second-order valence-corrected chi connectivity index (χ2v) is 17.1. The number of hydrogen-bond acceptors (Lipinski definition) is 7. The van der Waals surface area contributed by atoms with Crippen LogP contribution < -0.4 is 29.6 Å². The Labute approximate surface area is 372 Å². The summed E-state index contributed by atoms with van der Waals surface area (Å²) in [5.41, 5.74) is -0.338. The number of allylic oxidation sites excluding steroid dienone is 4. The summed E-state index contributed by atoms with van der Waals surface area (Å²) in [6.45, 7) is 4.86. The fourth-order valence-electron chi connectivity index (χ4n) is 6.92. The van der Waals surface area contributed by atoms with E-state index in [9.17, 15) is 22.6 Å². The number of hydrogen-bond donors (Lipinski definition) is 0. The molecule has 0 fully saturated rings. The van der Waals surface area contributed by atoms with Crippen molar-refractivity contribution in [2.24, 2.45) is 0 Å². The van der Waals surface area contributed by atoms with Gasteiger partial charge in [0.1, 0.15) is 10.1 Å². The number of ether oxygens (including phenoxy) is 2. The number of benzene rings is 1. The molecule has 0 heterocycles. The molecule has 7 nitrogen and oxygen atoms in total. The summed E-state index contributed by atoms with van der Waals surface area (Å²) in [7, 11) is -4.82. The standard InChI is InChI=1S/C48H82O7S.Na/c1-3-5-7-9-11-13-15-17-19-21-23-25-27-29-31-33-35-37-41-54-47(49)45-40-39-44(56(51,52)53)43-46(45)48(50)55-42-38-36-34-32-30-28-26-24-22-20-18-16-14-12-10-8-6-4-2;/h13-16,39-40,43H,3-12,17-38,41-42H2,1-2H3,(H,51,52,53);/q;+1/p-1/b15-13+,16-14+;. The molecule has 0 radical (unpaired) electrons. The van der Waals surface area contributed by atoms with Gasteiger partial charge in [0.25, 0.3) is 0 Å². The number of unbranched alkanes of at least 4 members (excludes halogenated alkanes) is 28. The molecule has 0 unspecified atom stereocenters. The molecule has 0 aromatic heterocycles. The van der Waals surface area contributed by atoms with Crippen molar-refractivity contribution in [1.82, 2.24) is 0 Å². The molecule has 1 aromatic rings. The molecule has 0 aliphatic heterocycles. The first-order valence-corrected chi connectivity index (χ1v) is 24.5. The van der Waals surface area contributed by atoms with Crippen molar-refractivity contribution in [2.45, 2.75) is 224 Å². The Balaban J connectivity index is 0.0000314. The Morgan fingerprint density at radius 2 is 0.772 bits per heavy atom. The summed E-state index contributed by atoms with van der Waals surface area (Å²) in [6, 6.07) is 3.14. The van der Waals surface area contributed by atoms with Crippen LogP contribution in [0.5, 0.6) is 0 Å². The molecule has 0 N–H and O–H groups in total. The molecule has 0 bridgehead atoms. The number of carbonyl (C=O) groups excluding carboxylic acids is 2. The van der Waals surface area contributed by atoms with Crippen LogP contribution in [-0.2, 0) is 19.6 Å². The monoisotopic (exact) mass is 825 g/mol. The van der Waals surface area contributed by atoms with Crippen LogP contribution in [0, 0.1) is 0 Å². The van der Waals surface area contributed by atoms with Crippen molar-refractivity contribution in [3.05, 3.63) is 53.6 Å². The van der Waals surface area contributed by atoms with Crippen LogP contribution in [0.3, 0.4) is 0 Å². The van der Waals surface area contributed by atoms with Gasteiger partial charge in [-0.3, -0.25) is 0 Å². The number of carbonyl (C=O) groups is 2. The molecule has 9 heteroatoms. The molecule has 0 aliphatic carbocycles. The van der Waals surface area contributed by atoms with Crippen LogP contribution in [-0.4, -0.2) is 38.1 Å². The smallest absolute Gasteiger partial charge is 0.744 e. The van der Waals surface area contributed by atoms with Crippen molar-refractivity contribution < 1.29 is 61.6 Å². The zero-order valence-corrected chi connectivity index (χ0v) is 39.7. The van der Waals surface area contributed by atoms with E-state index in [1.54, 1.807) is 0 Å². The summed E-state index contributed by atoms with van der Waals surface area (Å²) < 4.78 is 45.8. The Morgan fingerprint density at radius 3 is 1.11 bits per heavy atom. The molecule has 57 heavy (non-hydrogen) atoms. The Kier molecular flexibility index (Phi) is 39.0. The van der Waals surface area contributed by atoms with Crippen LogP contribution in [0.25, 0.3) is 0 Å². The third-order valence-corrected chi connectivity index (χ3v) is 11.3. The molecule has 0 aliphatic rings. The van der Waals surface area contributed by atoms with Gasteiger partial charge in [0.15, 0.2) is 0 Å². The second kappa shape index (κ2) is 40.0. The van der Waals surface area contributed by atoms with E-state index < -0.39 is 27.0 Å². The summed E-state index contributed by atoms with van der Waals surface area (Å²) in [5.74, 6) is -1.55. The molecule has 0 saturated heterocycles. The van der Waals surface area contributed by atoms with Crippen LogP contribution in [0.2, 0.25) is 0 Å². The maximum absolute atomic E-state index is 12.9. The van der Waals surface area contributed by atoms with Gasteiger partial charge in [0.2, 0.25) is 0 Å². The molecule has 1 rings (SSSR count). The first-order valence-electron chi connectivity index (χ1n) is 23.0. The SMILES string of the molecule is CCCCCC/C=C/CCCCCCCCCCCCOC(=O)c1ccc(S(=O)(=O)[O-])cc1C(=O)OCCCCCCCCCCCC/C=C/CCCCCC.[Na+]. The van der Waals surface area contributed by atoms with E-state index in [-0.39, 0.29) is 53.9 Å². The third-order valence-electron chi connectivity index (χ3n) is 10.5. The average molecular weight is 825 g/mol. The molecular weight excluding hydrogens is 744 g/mol. The maximum Gasteiger partial charge on any atom is 1.00 e. The predicted molar refractivity (Wildman–Crippen MR) is 232 cm³/mol. The Morgan fingerprint density at radius 1 is 0.474 bits per heavy atom. The molecule has 0 spiro atoms. The van der Waals surface area contributed by atoms with Crippen molar-refractivity contribution >= 4 is 22.1 Å². The summed E-state index contributed by atoms with van der Waals surface area (Å²) in [4.78, 5) is 25.3. The maximum atomic E-state index is 12.9. The summed E-state index contributed by atoms with van der Waals surface area (Å²) in [5, 5.41) is 0. The van der Waals surface area contributed by atoms with E-state index in [4.69, 9.17) is 9.47 Å². The average Bonchev–Trinajstić information content (AvgIpc) is 3.18. The molecule has 0 amide bonds. The van der Waals surface area contributed by atoms with Crippen LogP contribution in [0.4, 0.5) is 0 Å².